The Kier molecular flexibility index (Phi) is 18.1. The standard InChI is InChI=1S/C22H38O/c1-3-4-5-6-7-8-9-10-11-12-13-14-15-16-17-18-19-20-21-22(2)23/h7-8,10-11,13-14,16-17,22-23H,3-6,9,12,15,18-21H2,1-2H3/b8-7-,11-10-,14-13-,17-16-. The maximum atomic E-state index is 9.15. The number of aliphatic hydroxyl groups is 1. The van der Waals surface area contributed by atoms with Crippen LogP contribution in [-0.2, 0) is 0 Å². The summed E-state index contributed by atoms with van der Waals surface area (Å²) in [4.78, 5) is 0. The Balaban J connectivity index is 3.37. The van der Waals surface area contributed by atoms with Crippen LogP contribution in [0.5, 0.6) is 0 Å². The predicted molar refractivity (Wildman–Crippen MR) is 105 cm³/mol. The molecule has 132 valence electrons. The molecule has 23 heavy (non-hydrogen) atoms. The van der Waals surface area contributed by atoms with Gasteiger partial charge in [0, 0.05) is 0 Å². The summed E-state index contributed by atoms with van der Waals surface area (Å²) in [6, 6.07) is 0. The fourth-order valence-corrected chi connectivity index (χ4v) is 2.26. The fraction of sp³-hybridized carbons (Fsp3) is 0.636. The van der Waals surface area contributed by atoms with Crippen LogP contribution in [0.4, 0.5) is 0 Å². The lowest BCUT2D eigenvalue weighted by Crippen LogP contribution is -1.97. The van der Waals surface area contributed by atoms with Crippen molar-refractivity contribution in [2.45, 2.75) is 90.6 Å². The van der Waals surface area contributed by atoms with Gasteiger partial charge in [-0.2, -0.15) is 0 Å². The number of hydrogen-bond acceptors (Lipinski definition) is 1. The first-order chi connectivity index (χ1) is 11.3. The first-order valence-electron chi connectivity index (χ1n) is 9.55. The van der Waals surface area contributed by atoms with Crippen LogP contribution in [0.15, 0.2) is 48.6 Å². The third-order valence-corrected chi connectivity index (χ3v) is 3.70. The van der Waals surface area contributed by atoms with Gasteiger partial charge in [-0.3, -0.25) is 0 Å². The summed E-state index contributed by atoms with van der Waals surface area (Å²) < 4.78 is 0. The van der Waals surface area contributed by atoms with Gasteiger partial charge in [-0.05, 0) is 58.3 Å². The molecule has 0 radical (unpaired) electrons. The van der Waals surface area contributed by atoms with Crippen LogP contribution in [0.25, 0.3) is 0 Å². The first-order valence-corrected chi connectivity index (χ1v) is 9.55. The largest absolute Gasteiger partial charge is 0.393 e. The van der Waals surface area contributed by atoms with Crippen LogP contribution in [0, 0.1) is 0 Å². The highest BCUT2D eigenvalue weighted by Crippen LogP contribution is 2.04. The van der Waals surface area contributed by atoms with E-state index in [2.05, 4.69) is 55.5 Å². The van der Waals surface area contributed by atoms with E-state index in [4.69, 9.17) is 5.11 Å². The van der Waals surface area contributed by atoms with Crippen LogP contribution < -0.4 is 0 Å². The minimum absolute atomic E-state index is 0.147. The van der Waals surface area contributed by atoms with Crippen molar-refractivity contribution >= 4 is 0 Å². The van der Waals surface area contributed by atoms with Crippen molar-refractivity contribution in [2.75, 3.05) is 0 Å². The molecule has 1 heteroatoms. The number of allylic oxidation sites excluding steroid dienone is 8. The Labute approximate surface area is 144 Å². The summed E-state index contributed by atoms with van der Waals surface area (Å²) in [6.45, 7) is 4.11. The number of rotatable bonds is 15. The van der Waals surface area contributed by atoms with Crippen LogP contribution in [0.1, 0.15) is 84.5 Å². The van der Waals surface area contributed by atoms with Crippen molar-refractivity contribution in [3.05, 3.63) is 48.6 Å². The van der Waals surface area contributed by atoms with E-state index in [1.165, 1.54) is 32.1 Å². The topological polar surface area (TPSA) is 20.2 Å². The van der Waals surface area contributed by atoms with Gasteiger partial charge in [0.1, 0.15) is 0 Å². The number of hydrogen-bond donors (Lipinski definition) is 1. The quantitative estimate of drug-likeness (QED) is 0.257. The average molecular weight is 319 g/mol. The molecule has 0 aliphatic heterocycles. The molecular formula is C22H38O. The van der Waals surface area contributed by atoms with Gasteiger partial charge in [0.05, 0.1) is 6.10 Å². The molecule has 0 aliphatic rings. The Morgan fingerprint density at radius 1 is 0.652 bits per heavy atom. The van der Waals surface area contributed by atoms with Crippen molar-refractivity contribution in [1.29, 1.82) is 0 Å². The third-order valence-electron chi connectivity index (χ3n) is 3.70. The Bertz CT molecular complexity index is 334. The normalized spacial score (nSPS) is 14.0. The Hall–Kier alpha value is -1.08. The molecule has 0 aromatic heterocycles. The second-order valence-corrected chi connectivity index (χ2v) is 6.22. The van der Waals surface area contributed by atoms with Crippen LogP contribution in [0.3, 0.4) is 0 Å². The summed E-state index contributed by atoms with van der Waals surface area (Å²) in [5, 5.41) is 9.15. The van der Waals surface area contributed by atoms with Gasteiger partial charge in [0.2, 0.25) is 0 Å². The second-order valence-electron chi connectivity index (χ2n) is 6.22. The number of unbranched alkanes of at least 4 members (excludes halogenated alkanes) is 5. The predicted octanol–water partition coefficient (Wildman–Crippen LogP) is 6.90. The maximum absolute atomic E-state index is 9.15. The monoisotopic (exact) mass is 318 g/mol. The lowest BCUT2D eigenvalue weighted by Gasteiger charge is -2.00. The van der Waals surface area contributed by atoms with Crippen molar-refractivity contribution < 1.29 is 5.11 Å². The van der Waals surface area contributed by atoms with E-state index >= 15 is 0 Å². The summed E-state index contributed by atoms with van der Waals surface area (Å²) in [6.07, 6.45) is 30.6. The molecule has 0 rings (SSSR count). The molecule has 0 saturated heterocycles. The first kappa shape index (κ1) is 21.9. The van der Waals surface area contributed by atoms with Gasteiger partial charge in [0.25, 0.3) is 0 Å². The van der Waals surface area contributed by atoms with Gasteiger partial charge in [-0.15, -0.1) is 0 Å². The van der Waals surface area contributed by atoms with E-state index in [1.54, 1.807) is 0 Å². The molecule has 0 heterocycles. The molecule has 1 unspecified atom stereocenters. The van der Waals surface area contributed by atoms with Gasteiger partial charge in [0.15, 0.2) is 0 Å². The van der Waals surface area contributed by atoms with Gasteiger partial charge in [-0.25, -0.2) is 0 Å². The average Bonchev–Trinajstić information content (AvgIpc) is 2.53. The van der Waals surface area contributed by atoms with Gasteiger partial charge < -0.3 is 5.11 Å². The fourth-order valence-electron chi connectivity index (χ4n) is 2.26. The maximum Gasteiger partial charge on any atom is 0.0512 e. The van der Waals surface area contributed by atoms with E-state index < -0.39 is 0 Å². The van der Waals surface area contributed by atoms with E-state index in [1.807, 2.05) is 6.92 Å². The zero-order valence-corrected chi connectivity index (χ0v) is 15.4. The highest BCUT2D eigenvalue weighted by atomic mass is 16.3. The van der Waals surface area contributed by atoms with E-state index in [9.17, 15) is 0 Å². The molecule has 0 aliphatic carbocycles. The second kappa shape index (κ2) is 19.0. The third kappa shape index (κ3) is 20.9. The number of aliphatic hydroxyl groups excluding tert-OH is 1. The molecule has 0 aromatic carbocycles. The molecule has 0 amide bonds. The van der Waals surface area contributed by atoms with Crippen molar-refractivity contribution in [2.24, 2.45) is 0 Å². The minimum Gasteiger partial charge on any atom is -0.393 e. The molecule has 1 atom stereocenters. The summed E-state index contributed by atoms with van der Waals surface area (Å²) in [5.74, 6) is 0. The van der Waals surface area contributed by atoms with Crippen LogP contribution in [-0.4, -0.2) is 11.2 Å². The highest BCUT2D eigenvalue weighted by molar-refractivity contribution is 4.99. The zero-order valence-electron chi connectivity index (χ0n) is 15.4. The Morgan fingerprint density at radius 2 is 1.09 bits per heavy atom. The minimum atomic E-state index is -0.147. The molecular weight excluding hydrogens is 280 g/mol. The smallest absolute Gasteiger partial charge is 0.0512 e. The van der Waals surface area contributed by atoms with Crippen LogP contribution in [0.2, 0.25) is 0 Å². The van der Waals surface area contributed by atoms with Crippen molar-refractivity contribution in [1.82, 2.24) is 0 Å². The summed E-state index contributed by atoms with van der Waals surface area (Å²) in [7, 11) is 0. The highest BCUT2D eigenvalue weighted by Gasteiger charge is 1.93. The zero-order chi connectivity index (χ0) is 17.0. The molecule has 0 bridgehead atoms. The lowest BCUT2D eigenvalue weighted by atomic mass is 10.1. The lowest BCUT2D eigenvalue weighted by molar-refractivity contribution is 0.181. The SMILES string of the molecule is CCCCC/C=C\C/C=C\C/C=C\C/C=C\CCCCC(C)O. The Morgan fingerprint density at radius 3 is 1.52 bits per heavy atom. The molecule has 0 spiro atoms. The molecule has 0 fully saturated rings. The van der Waals surface area contributed by atoms with Gasteiger partial charge >= 0.3 is 0 Å². The van der Waals surface area contributed by atoms with Crippen molar-refractivity contribution in [3.8, 4) is 0 Å². The summed E-state index contributed by atoms with van der Waals surface area (Å²) in [5.41, 5.74) is 0. The van der Waals surface area contributed by atoms with Crippen LogP contribution >= 0.6 is 0 Å². The summed E-state index contributed by atoms with van der Waals surface area (Å²) >= 11 is 0. The molecule has 0 saturated carbocycles. The van der Waals surface area contributed by atoms with E-state index in [0.29, 0.717) is 0 Å². The van der Waals surface area contributed by atoms with E-state index in [-0.39, 0.29) is 6.10 Å². The van der Waals surface area contributed by atoms with Gasteiger partial charge in [-0.1, -0.05) is 74.8 Å². The van der Waals surface area contributed by atoms with E-state index in [0.717, 1.165) is 38.5 Å². The molecule has 1 nitrogen and oxygen atoms in total. The molecule has 1 N–H and O–H groups in total. The van der Waals surface area contributed by atoms with Crippen molar-refractivity contribution in [3.63, 3.8) is 0 Å². The molecule has 0 aromatic rings.